The van der Waals surface area contributed by atoms with Crippen molar-refractivity contribution in [3.8, 4) is 11.3 Å². The van der Waals surface area contributed by atoms with Crippen LogP contribution in [0.25, 0.3) is 27.2 Å². The maximum atomic E-state index is 12.7. The Bertz CT molecular complexity index is 1230. The van der Waals surface area contributed by atoms with Crippen molar-refractivity contribution in [2.75, 3.05) is 18.0 Å². The number of benzene rings is 1. The highest BCUT2D eigenvalue weighted by atomic mass is 32.1. The van der Waals surface area contributed by atoms with E-state index in [0.717, 1.165) is 34.8 Å². The van der Waals surface area contributed by atoms with Gasteiger partial charge in [-0.25, -0.2) is 9.78 Å². The van der Waals surface area contributed by atoms with Crippen molar-refractivity contribution >= 4 is 33.0 Å². The molecule has 2 atom stereocenters. The van der Waals surface area contributed by atoms with Crippen molar-refractivity contribution in [1.82, 2.24) is 14.7 Å². The molecule has 5 rings (SSSR count). The third-order valence-electron chi connectivity index (χ3n) is 5.31. The predicted molar refractivity (Wildman–Crippen MR) is 114 cm³/mol. The van der Waals surface area contributed by atoms with E-state index in [2.05, 4.69) is 35.1 Å². The number of anilines is 1. The number of aromatic nitrogens is 2. The summed E-state index contributed by atoms with van der Waals surface area (Å²) in [4.78, 5) is 20.5. The highest BCUT2D eigenvalue weighted by Crippen LogP contribution is 2.27. The minimum absolute atomic E-state index is 0.352. The second kappa shape index (κ2) is 6.46. The lowest BCUT2D eigenvalue weighted by Crippen LogP contribution is -2.54. The predicted octanol–water partition coefficient (Wildman–Crippen LogP) is 3.66. The van der Waals surface area contributed by atoms with E-state index in [-0.39, 0.29) is 5.63 Å². The van der Waals surface area contributed by atoms with Gasteiger partial charge in [0.05, 0.1) is 11.3 Å². The van der Waals surface area contributed by atoms with E-state index in [9.17, 15) is 4.79 Å². The molecule has 1 aliphatic heterocycles. The highest BCUT2D eigenvalue weighted by Gasteiger charge is 2.22. The molecule has 0 saturated carbocycles. The zero-order valence-corrected chi connectivity index (χ0v) is 16.9. The molecule has 1 aromatic carbocycles. The largest absolute Gasteiger partial charge is 0.422 e. The third-order valence-corrected chi connectivity index (χ3v) is 6.26. The Balaban J connectivity index is 1.55. The molecule has 7 heteroatoms. The maximum absolute atomic E-state index is 12.7. The second-order valence-corrected chi connectivity index (χ2v) is 8.54. The fourth-order valence-electron chi connectivity index (χ4n) is 4.04. The third kappa shape index (κ3) is 2.91. The normalized spacial score (nSPS) is 20.3. The van der Waals surface area contributed by atoms with Gasteiger partial charge < -0.3 is 14.6 Å². The Labute approximate surface area is 166 Å². The van der Waals surface area contributed by atoms with Gasteiger partial charge >= 0.3 is 5.63 Å². The van der Waals surface area contributed by atoms with Crippen LogP contribution in [0.1, 0.15) is 19.5 Å². The molecule has 0 spiro atoms. The van der Waals surface area contributed by atoms with Gasteiger partial charge in [0, 0.05) is 59.6 Å². The highest BCUT2D eigenvalue weighted by molar-refractivity contribution is 7.15. The zero-order valence-electron chi connectivity index (χ0n) is 16.1. The van der Waals surface area contributed by atoms with Gasteiger partial charge in [0.1, 0.15) is 5.58 Å². The SMILES string of the molecule is Cc1csc2nc(-c3cc4ccc(N5C[C@@H](C)N[C@@H](C)C5)cc4oc3=O)cn12. The molecule has 0 aliphatic carbocycles. The van der Waals surface area contributed by atoms with Crippen LogP contribution < -0.4 is 15.8 Å². The molecule has 3 aromatic heterocycles. The molecule has 1 N–H and O–H groups in total. The number of nitrogens with one attached hydrogen (secondary N) is 1. The number of thiazole rings is 1. The van der Waals surface area contributed by atoms with Crippen molar-refractivity contribution < 1.29 is 4.42 Å². The lowest BCUT2D eigenvalue weighted by atomic mass is 10.1. The Kier molecular flexibility index (Phi) is 4.03. The molecule has 1 aliphatic rings. The van der Waals surface area contributed by atoms with Crippen LogP contribution >= 0.6 is 11.3 Å². The molecule has 4 heterocycles. The van der Waals surface area contributed by atoms with E-state index in [1.807, 2.05) is 41.1 Å². The van der Waals surface area contributed by atoms with Crippen LogP contribution in [-0.4, -0.2) is 34.6 Å². The van der Waals surface area contributed by atoms with Crippen LogP contribution in [-0.2, 0) is 0 Å². The van der Waals surface area contributed by atoms with E-state index in [0.29, 0.717) is 28.9 Å². The summed E-state index contributed by atoms with van der Waals surface area (Å²) in [6.07, 6.45) is 1.90. The van der Waals surface area contributed by atoms with Gasteiger partial charge in [0.25, 0.3) is 0 Å². The molecule has 6 nitrogen and oxygen atoms in total. The van der Waals surface area contributed by atoms with Gasteiger partial charge in [-0.1, -0.05) is 0 Å². The molecular formula is C21H22N4O2S. The van der Waals surface area contributed by atoms with Gasteiger partial charge in [-0.3, -0.25) is 4.40 Å². The number of nitrogens with zero attached hydrogens (tertiary/aromatic N) is 3. The Morgan fingerprint density at radius 3 is 2.75 bits per heavy atom. The molecule has 0 radical (unpaired) electrons. The summed E-state index contributed by atoms with van der Waals surface area (Å²) in [5.41, 5.74) is 3.60. The summed E-state index contributed by atoms with van der Waals surface area (Å²) in [5, 5.41) is 6.50. The molecule has 4 aromatic rings. The Hall–Kier alpha value is -2.64. The van der Waals surface area contributed by atoms with E-state index >= 15 is 0 Å². The Morgan fingerprint density at radius 1 is 1.21 bits per heavy atom. The fraction of sp³-hybridized carbons (Fsp3) is 0.333. The minimum Gasteiger partial charge on any atom is -0.422 e. The van der Waals surface area contributed by atoms with Gasteiger partial charge in [-0.05, 0) is 39.0 Å². The van der Waals surface area contributed by atoms with Gasteiger partial charge in [-0.2, -0.15) is 0 Å². The zero-order chi connectivity index (χ0) is 19.4. The number of rotatable bonds is 2. The van der Waals surface area contributed by atoms with Crippen molar-refractivity contribution in [3.63, 3.8) is 0 Å². The molecule has 0 amide bonds. The average Bonchev–Trinajstić information content (AvgIpc) is 3.22. The first kappa shape index (κ1) is 17.5. The summed E-state index contributed by atoms with van der Waals surface area (Å²) < 4.78 is 7.69. The van der Waals surface area contributed by atoms with Crippen molar-refractivity contribution in [2.24, 2.45) is 0 Å². The van der Waals surface area contributed by atoms with Crippen LogP contribution in [0.2, 0.25) is 0 Å². The maximum Gasteiger partial charge on any atom is 0.345 e. The molecule has 0 unspecified atom stereocenters. The van der Waals surface area contributed by atoms with E-state index < -0.39 is 0 Å². The van der Waals surface area contributed by atoms with Gasteiger partial charge in [0.15, 0.2) is 4.96 Å². The Morgan fingerprint density at radius 2 is 2.00 bits per heavy atom. The topological polar surface area (TPSA) is 62.8 Å². The number of hydrogen-bond donors (Lipinski definition) is 1. The molecule has 1 saturated heterocycles. The lowest BCUT2D eigenvalue weighted by molar-refractivity contribution is 0.407. The van der Waals surface area contributed by atoms with Gasteiger partial charge in [0.2, 0.25) is 0 Å². The van der Waals surface area contributed by atoms with Crippen LogP contribution in [0.3, 0.4) is 0 Å². The number of fused-ring (bicyclic) bond motifs is 2. The minimum atomic E-state index is -0.352. The quantitative estimate of drug-likeness (QED) is 0.526. The summed E-state index contributed by atoms with van der Waals surface area (Å²) in [6.45, 7) is 8.27. The molecule has 28 heavy (non-hydrogen) atoms. The van der Waals surface area contributed by atoms with Crippen molar-refractivity contribution in [3.05, 3.63) is 52.0 Å². The number of imidazole rings is 1. The molecule has 144 valence electrons. The van der Waals surface area contributed by atoms with Crippen LogP contribution in [0.5, 0.6) is 0 Å². The fourth-order valence-corrected chi connectivity index (χ4v) is 4.89. The summed E-state index contributed by atoms with van der Waals surface area (Å²) in [6, 6.07) is 8.83. The molecule has 1 fully saturated rings. The summed E-state index contributed by atoms with van der Waals surface area (Å²) in [5.74, 6) is 0. The van der Waals surface area contributed by atoms with Crippen LogP contribution in [0.4, 0.5) is 5.69 Å². The van der Waals surface area contributed by atoms with Crippen LogP contribution in [0.15, 0.2) is 45.1 Å². The first-order chi connectivity index (χ1) is 13.5. The van der Waals surface area contributed by atoms with Crippen LogP contribution in [0, 0.1) is 6.92 Å². The first-order valence-electron chi connectivity index (χ1n) is 9.50. The van der Waals surface area contributed by atoms with E-state index in [1.54, 1.807) is 11.3 Å². The molecular weight excluding hydrogens is 372 g/mol. The lowest BCUT2D eigenvalue weighted by Gasteiger charge is -2.37. The number of hydrogen-bond acceptors (Lipinski definition) is 6. The number of aryl methyl sites for hydroxylation is 1. The summed E-state index contributed by atoms with van der Waals surface area (Å²) in [7, 11) is 0. The van der Waals surface area contributed by atoms with E-state index in [4.69, 9.17) is 4.42 Å². The van der Waals surface area contributed by atoms with E-state index in [1.165, 1.54) is 0 Å². The van der Waals surface area contributed by atoms with Crippen molar-refractivity contribution in [1.29, 1.82) is 0 Å². The summed E-state index contributed by atoms with van der Waals surface area (Å²) >= 11 is 1.57. The number of piperazine rings is 1. The van der Waals surface area contributed by atoms with Crippen molar-refractivity contribution in [2.45, 2.75) is 32.9 Å². The van der Waals surface area contributed by atoms with Gasteiger partial charge in [-0.15, -0.1) is 11.3 Å². The molecule has 0 bridgehead atoms. The first-order valence-corrected chi connectivity index (χ1v) is 10.4. The monoisotopic (exact) mass is 394 g/mol. The average molecular weight is 395 g/mol. The second-order valence-electron chi connectivity index (χ2n) is 7.70. The smallest absolute Gasteiger partial charge is 0.345 e. The standard InChI is InChI=1S/C21H22N4O2S/c1-12-8-24(9-13(2)22-12)16-5-4-15-6-17(20(26)27-19(15)7-16)18-10-25-14(3)11-28-21(25)23-18/h4-7,10-13,22H,8-9H2,1-3H3/t12-,13+.